The van der Waals surface area contributed by atoms with Gasteiger partial charge in [0.05, 0.1) is 6.33 Å². The van der Waals surface area contributed by atoms with Gasteiger partial charge in [-0.2, -0.15) is 0 Å². The van der Waals surface area contributed by atoms with Gasteiger partial charge in [-0.05, 0) is 94.1 Å². The summed E-state index contributed by atoms with van der Waals surface area (Å²) in [5, 5.41) is 10.9. The van der Waals surface area contributed by atoms with Crippen molar-refractivity contribution in [1.29, 1.82) is 0 Å². The highest BCUT2D eigenvalue weighted by Gasteiger charge is 2.63. The first-order valence-electron chi connectivity index (χ1n) is 17.0. The molecule has 0 saturated heterocycles. The monoisotopic (exact) mass is 647 g/mol. The highest BCUT2D eigenvalue weighted by molar-refractivity contribution is 6.36. The Balaban J connectivity index is 1.12. The predicted octanol–water partition coefficient (Wildman–Crippen LogP) is 2.47. The molecule has 5 saturated carbocycles. The molecule has 4 N–H and O–H groups in total. The summed E-state index contributed by atoms with van der Waals surface area (Å²) in [6, 6.07) is 2.03. The largest absolute Gasteiger partial charge is 0.350 e. The second kappa shape index (κ2) is 13.1. The van der Waals surface area contributed by atoms with Crippen LogP contribution in [0.3, 0.4) is 0 Å². The van der Waals surface area contributed by atoms with Gasteiger partial charge in [0.1, 0.15) is 24.0 Å². The van der Waals surface area contributed by atoms with E-state index in [4.69, 9.17) is 0 Å². The molecule has 0 aliphatic heterocycles. The molecule has 4 unspecified atom stereocenters. The number of hydrogen-bond donors (Lipinski definition) is 4. The zero-order valence-corrected chi connectivity index (χ0v) is 27.2. The van der Waals surface area contributed by atoms with Crippen LogP contribution < -0.4 is 26.8 Å². The molecule has 0 radical (unpaired) electrons. The lowest BCUT2D eigenvalue weighted by molar-refractivity contribution is -0.138. The van der Waals surface area contributed by atoms with Crippen molar-refractivity contribution in [2.24, 2.45) is 17.3 Å². The van der Waals surface area contributed by atoms with Gasteiger partial charge in [0.25, 0.3) is 17.4 Å². The molecule has 13 nitrogen and oxygen atoms in total. The quantitative estimate of drug-likeness (QED) is 0.228. The molecule has 2 aromatic rings. The van der Waals surface area contributed by atoms with E-state index in [1.807, 2.05) is 4.57 Å². The van der Waals surface area contributed by atoms with Crippen LogP contribution in [0.25, 0.3) is 0 Å². The van der Waals surface area contributed by atoms with Crippen molar-refractivity contribution in [3.05, 3.63) is 46.9 Å². The maximum absolute atomic E-state index is 13.5. The van der Waals surface area contributed by atoms with Crippen molar-refractivity contribution in [2.75, 3.05) is 11.9 Å². The second-order valence-corrected chi connectivity index (χ2v) is 14.1. The molecule has 5 atom stereocenters. The molecular weight excluding hydrogens is 602 g/mol. The van der Waals surface area contributed by atoms with Crippen LogP contribution in [0.1, 0.15) is 101 Å². The normalized spacial score (nSPS) is 26.3. The van der Waals surface area contributed by atoms with E-state index >= 15 is 0 Å². The Morgan fingerprint density at radius 2 is 1.91 bits per heavy atom. The zero-order valence-electron chi connectivity index (χ0n) is 27.2. The van der Waals surface area contributed by atoms with Gasteiger partial charge < -0.3 is 30.4 Å². The molecule has 4 bridgehead atoms. The summed E-state index contributed by atoms with van der Waals surface area (Å²) in [4.78, 5) is 81.8. The van der Waals surface area contributed by atoms with Crippen LogP contribution in [-0.4, -0.2) is 61.7 Å². The Hall–Kier alpha value is -4.29. The smallest absolute Gasteiger partial charge is 0.287 e. The van der Waals surface area contributed by atoms with Crippen LogP contribution in [0.5, 0.6) is 0 Å². The summed E-state index contributed by atoms with van der Waals surface area (Å²) in [7, 11) is 0. The van der Waals surface area contributed by atoms with Crippen LogP contribution in [0.4, 0.5) is 5.69 Å². The van der Waals surface area contributed by atoms with Gasteiger partial charge in [-0.15, -0.1) is 0 Å². The predicted molar refractivity (Wildman–Crippen MR) is 172 cm³/mol. The summed E-state index contributed by atoms with van der Waals surface area (Å²) in [6.07, 6.45) is 13.9. The summed E-state index contributed by atoms with van der Waals surface area (Å²) in [6.45, 7) is 4.01. The summed E-state index contributed by atoms with van der Waals surface area (Å²) < 4.78 is 3.13. The third-order valence-corrected chi connectivity index (χ3v) is 11.1. The third kappa shape index (κ3) is 6.62. The highest BCUT2D eigenvalue weighted by Crippen LogP contribution is 2.68. The molecule has 0 spiro atoms. The Kier molecular flexibility index (Phi) is 9.08. The number of nitrogens with zero attached hydrogens (tertiary/aromatic N) is 3. The van der Waals surface area contributed by atoms with E-state index < -0.39 is 35.1 Å². The number of nitrogens with one attached hydrogen (secondary N) is 4. The number of amides is 4. The van der Waals surface area contributed by atoms with Crippen LogP contribution in [0.2, 0.25) is 0 Å². The summed E-state index contributed by atoms with van der Waals surface area (Å²) in [5.74, 6) is -1.79. The Bertz CT molecular complexity index is 1630. The molecule has 7 rings (SSSR count). The van der Waals surface area contributed by atoms with Gasteiger partial charge in [0, 0.05) is 36.9 Å². The lowest BCUT2D eigenvalue weighted by atomic mass is 9.71. The number of imidazole rings is 1. The van der Waals surface area contributed by atoms with Crippen molar-refractivity contribution in [3.63, 3.8) is 0 Å². The van der Waals surface area contributed by atoms with Crippen molar-refractivity contribution < 1.29 is 24.0 Å². The van der Waals surface area contributed by atoms with E-state index in [1.54, 1.807) is 25.5 Å². The van der Waals surface area contributed by atoms with E-state index in [-0.39, 0.29) is 54.8 Å². The molecule has 13 heteroatoms. The van der Waals surface area contributed by atoms with Crippen molar-refractivity contribution in [2.45, 2.75) is 109 Å². The van der Waals surface area contributed by atoms with E-state index in [2.05, 4.69) is 33.2 Å². The number of aromatic nitrogens is 3. The molecule has 4 amide bonds. The van der Waals surface area contributed by atoms with Gasteiger partial charge >= 0.3 is 0 Å². The minimum atomic E-state index is -1.25. The molecule has 5 aliphatic rings. The van der Waals surface area contributed by atoms with Crippen LogP contribution >= 0.6 is 0 Å². The van der Waals surface area contributed by atoms with E-state index in [1.165, 1.54) is 29.7 Å². The Morgan fingerprint density at radius 1 is 1.11 bits per heavy atom. The van der Waals surface area contributed by atoms with Crippen molar-refractivity contribution >= 4 is 35.1 Å². The number of likely N-dealkylation sites (N-methyl/N-ethyl adjacent to an activating group) is 1. The van der Waals surface area contributed by atoms with E-state index in [9.17, 15) is 28.8 Å². The minimum absolute atomic E-state index is 0.0724. The topological polar surface area (TPSA) is 173 Å². The number of hydrogen-bond acceptors (Lipinski definition) is 7. The first kappa shape index (κ1) is 32.6. The van der Waals surface area contributed by atoms with Gasteiger partial charge in [-0.3, -0.25) is 28.8 Å². The Labute approximate surface area is 273 Å². The first-order valence-corrected chi connectivity index (χ1v) is 17.0. The third-order valence-electron chi connectivity index (χ3n) is 11.1. The average molecular weight is 648 g/mol. The average Bonchev–Trinajstić information content (AvgIpc) is 3.64. The van der Waals surface area contributed by atoms with Crippen LogP contribution in [-0.2, 0) is 25.7 Å². The first-order chi connectivity index (χ1) is 22.5. The van der Waals surface area contributed by atoms with E-state index in [0.717, 1.165) is 44.9 Å². The molecule has 252 valence electrons. The highest BCUT2D eigenvalue weighted by atomic mass is 16.2. The Morgan fingerprint density at radius 3 is 2.62 bits per heavy atom. The molecular formula is C34H45N7O6. The number of rotatable bonds is 14. The fourth-order valence-corrected chi connectivity index (χ4v) is 8.73. The zero-order chi connectivity index (χ0) is 33.3. The number of ketones is 1. The fraction of sp³-hybridized carbons (Fsp3) is 0.618. The molecule has 5 fully saturated rings. The number of carbonyl (C=O) groups excluding carboxylic acids is 5. The van der Waals surface area contributed by atoms with Crippen LogP contribution in [0.15, 0.2) is 35.6 Å². The van der Waals surface area contributed by atoms with Gasteiger partial charge in [0.2, 0.25) is 17.6 Å². The maximum atomic E-state index is 13.5. The van der Waals surface area contributed by atoms with E-state index in [0.29, 0.717) is 17.3 Å². The van der Waals surface area contributed by atoms with Crippen molar-refractivity contribution in [1.82, 2.24) is 30.1 Å². The molecule has 47 heavy (non-hydrogen) atoms. The molecule has 2 aromatic heterocycles. The van der Waals surface area contributed by atoms with Gasteiger partial charge in [-0.25, -0.2) is 4.98 Å². The molecule has 0 aromatic carbocycles. The standard InChI is InChI=1S/C34H45N7O6/c1-3-33-14-21-13-22(33)16-34(15-21,19-33)39-28(43)18-40-12-6-9-25(32(40)47)38-29(44)24(10-11-27(42)31(46)35-4-2)37-30(45)26-17-41(20-36-26)23-7-5-8-23/h6,9,12,17,20-24H,3-5,7-8,10-11,13-16,18-19H2,1-2H3,(H,35,46)(H,37,45)(H,38,44)(H,39,43)/t21?,22?,24-,33?,34?/m0/s1. The number of Topliss-reactive ketones (excluding diaryl/α,β-unsaturated/α-hetero) is 1. The molecule has 2 heterocycles. The number of carbonyl (C=O) groups is 5. The minimum Gasteiger partial charge on any atom is -0.350 e. The summed E-state index contributed by atoms with van der Waals surface area (Å²) >= 11 is 0. The maximum Gasteiger partial charge on any atom is 0.287 e. The van der Waals surface area contributed by atoms with Crippen molar-refractivity contribution in [3.8, 4) is 0 Å². The summed E-state index contributed by atoms with van der Waals surface area (Å²) in [5.41, 5.74) is -0.414. The number of anilines is 1. The molecule has 5 aliphatic carbocycles. The fourth-order valence-electron chi connectivity index (χ4n) is 8.73. The van der Waals surface area contributed by atoms with Crippen LogP contribution in [0, 0.1) is 17.3 Å². The lowest BCUT2D eigenvalue weighted by Gasteiger charge is -2.41. The second-order valence-electron chi connectivity index (χ2n) is 14.1. The lowest BCUT2D eigenvalue weighted by Crippen LogP contribution is -2.52. The van der Waals surface area contributed by atoms with Gasteiger partial charge in [-0.1, -0.05) is 13.3 Å². The van der Waals surface area contributed by atoms with Gasteiger partial charge in [0.15, 0.2) is 0 Å². The SMILES string of the molecule is CCNC(=O)C(=O)CC[C@H](NC(=O)c1cn(C2CCC2)cn1)C(=O)Nc1cccn(CC(=O)NC23CC4CC(C2)C(CC)(C4)C3)c1=O. The number of pyridine rings is 1.